The molecule has 0 unspecified atom stereocenters. The van der Waals surface area contributed by atoms with Crippen molar-refractivity contribution < 1.29 is 19.4 Å². The van der Waals surface area contributed by atoms with Crippen molar-refractivity contribution in [2.45, 2.75) is 51.6 Å². The molecule has 25 heavy (non-hydrogen) atoms. The van der Waals surface area contributed by atoms with Crippen molar-refractivity contribution in [1.82, 2.24) is 4.90 Å². The van der Waals surface area contributed by atoms with Gasteiger partial charge in [-0.05, 0) is 29.9 Å². The van der Waals surface area contributed by atoms with Crippen molar-refractivity contribution in [2.75, 3.05) is 18.6 Å². The van der Waals surface area contributed by atoms with Gasteiger partial charge in [-0.25, -0.2) is 9.59 Å². The third-order valence-electron chi connectivity index (χ3n) is 3.97. The maximum Gasteiger partial charge on any atom is 0.408 e. The summed E-state index contributed by atoms with van der Waals surface area (Å²) in [6, 6.07) is 8.52. The molecule has 0 aliphatic rings. The van der Waals surface area contributed by atoms with Crippen molar-refractivity contribution in [3.63, 3.8) is 0 Å². The van der Waals surface area contributed by atoms with Gasteiger partial charge in [-0.3, -0.25) is 4.90 Å². The second-order valence-electron chi connectivity index (χ2n) is 5.90. The molecule has 6 heteroatoms. The third kappa shape index (κ3) is 8.29. The fraction of sp³-hybridized carbons (Fsp3) is 0.579. The summed E-state index contributed by atoms with van der Waals surface area (Å²) < 4.78 is 4.84. The molecule has 0 saturated carbocycles. The fourth-order valence-electron chi connectivity index (χ4n) is 2.56. The van der Waals surface area contributed by atoms with E-state index >= 15 is 0 Å². The van der Waals surface area contributed by atoms with Crippen molar-refractivity contribution in [1.29, 1.82) is 0 Å². The number of hydrogen-bond donors (Lipinski definition) is 1. The number of nitrogens with zero attached hydrogens (tertiary/aromatic N) is 1. The number of amides is 1. The van der Waals surface area contributed by atoms with E-state index in [0.717, 1.165) is 23.5 Å². The minimum atomic E-state index is -1.10. The average Bonchev–Trinajstić information content (AvgIpc) is 2.62. The number of esters is 1. The monoisotopic (exact) mass is 367 g/mol. The molecule has 5 nitrogen and oxygen atoms in total. The van der Waals surface area contributed by atoms with Gasteiger partial charge in [0.15, 0.2) is 0 Å². The largest absolute Gasteiger partial charge is 0.467 e. The second-order valence-corrected chi connectivity index (χ2v) is 7.12. The van der Waals surface area contributed by atoms with Crippen LogP contribution in [0, 0.1) is 0 Å². The number of ether oxygens (including phenoxy) is 1. The molecule has 1 aromatic carbocycles. The lowest BCUT2D eigenvalue weighted by Crippen LogP contribution is -2.45. The molecule has 140 valence electrons. The second kappa shape index (κ2) is 12.6. The first-order valence-electron chi connectivity index (χ1n) is 8.79. The molecular weight excluding hydrogens is 338 g/mol. The van der Waals surface area contributed by atoms with Crippen LogP contribution in [-0.4, -0.2) is 46.7 Å². The van der Waals surface area contributed by atoms with Gasteiger partial charge in [0.05, 0.1) is 7.11 Å². The summed E-state index contributed by atoms with van der Waals surface area (Å²) in [5, 5.41) is 9.56. The van der Waals surface area contributed by atoms with Crippen molar-refractivity contribution in [2.24, 2.45) is 0 Å². The van der Waals surface area contributed by atoms with E-state index in [4.69, 9.17) is 4.74 Å². The van der Waals surface area contributed by atoms with Crippen LogP contribution < -0.4 is 0 Å². The Morgan fingerprint density at radius 3 is 2.48 bits per heavy atom. The van der Waals surface area contributed by atoms with Crippen LogP contribution >= 0.6 is 11.8 Å². The number of carbonyl (C=O) groups is 2. The van der Waals surface area contributed by atoms with E-state index in [0.29, 0.717) is 6.42 Å². The van der Waals surface area contributed by atoms with Gasteiger partial charge in [-0.1, -0.05) is 56.5 Å². The summed E-state index contributed by atoms with van der Waals surface area (Å²) in [6.07, 6.45) is 4.20. The Balaban J connectivity index is 2.60. The van der Waals surface area contributed by atoms with Gasteiger partial charge in [0, 0.05) is 6.54 Å². The molecule has 1 amide bonds. The minimum absolute atomic E-state index is 0.178. The quantitative estimate of drug-likeness (QED) is 0.438. The van der Waals surface area contributed by atoms with Crippen LogP contribution in [0.5, 0.6) is 0 Å². The topological polar surface area (TPSA) is 66.8 Å². The predicted molar refractivity (Wildman–Crippen MR) is 102 cm³/mol. The Bertz CT molecular complexity index is 509. The highest BCUT2D eigenvalue weighted by molar-refractivity contribution is 7.99. The molecule has 0 radical (unpaired) electrons. The van der Waals surface area contributed by atoms with Crippen LogP contribution in [0.15, 0.2) is 30.3 Å². The summed E-state index contributed by atoms with van der Waals surface area (Å²) in [4.78, 5) is 25.0. The predicted octanol–water partition coefficient (Wildman–Crippen LogP) is 4.41. The highest BCUT2D eigenvalue weighted by Gasteiger charge is 2.30. The number of carboxylic acid groups (broad SMARTS) is 1. The van der Waals surface area contributed by atoms with Crippen LogP contribution in [0.2, 0.25) is 0 Å². The van der Waals surface area contributed by atoms with Gasteiger partial charge in [0.25, 0.3) is 0 Å². The number of methoxy groups -OCH3 is 1. The smallest absolute Gasteiger partial charge is 0.408 e. The van der Waals surface area contributed by atoms with Crippen LogP contribution in [-0.2, 0) is 16.1 Å². The number of carbonyl (C=O) groups excluding carboxylic acids is 1. The zero-order valence-corrected chi connectivity index (χ0v) is 16.0. The molecule has 1 N–H and O–H groups in total. The molecule has 0 heterocycles. The lowest BCUT2D eigenvalue weighted by molar-refractivity contribution is -0.146. The van der Waals surface area contributed by atoms with E-state index in [2.05, 4.69) is 6.92 Å². The SMILES string of the molecule is CCCCCCSCC[C@@H](C(=O)OC)N(Cc1ccccc1)C(=O)O. The van der Waals surface area contributed by atoms with E-state index in [1.807, 2.05) is 30.3 Å². The fourth-order valence-corrected chi connectivity index (χ4v) is 3.56. The summed E-state index contributed by atoms with van der Waals surface area (Å²) in [7, 11) is 1.30. The van der Waals surface area contributed by atoms with E-state index in [1.54, 1.807) is 11.8 Å². The van der Waals surface area contributed by atoms with Crippen molar-refractivity contribution in [3.05, 3.63) is 35.9 Å². The Labute approximate surface area is 154 Å². The molecule has 0 spiro atoms. The Morgan fingerprint density at radius 2 is 1.88 bits per heavy atom. The van der Waals surface area contributed by atoms with Crippen molar-refractivity contribution >= 4 is 23.8 Å². The van der Waals surface area contributed by atoms with E-state index in [1.165, 1.54) is 31.3 Å². The lowest BCUT2D eigenvalue weighted by atomic mass is 10.1. The van der Waals surface area contributed by atoms with E-state index < -0.39 is 18.1 Å². The zero-order chi connectivity index (χ0) is 18.5. The van der Waals surface area contributed by atoms with E-state index in [-0.39, 0.29) is 6.54 Å². The number of rotatable bonds is 12. The zero-order valence-electron chi connectivity index (χ0n) is 15.1. The molecule has 1 rings (SSSR count). The minimum Gasteiger partial charge on any atom is -0.467 e. The molecule has 1 atom stereocenters. The number of thioether (sulfide) groups is 1. The van der Waals surface area contributed by atoms with Gasteiger partial charge in [0.2, 0.25) is 0 Å². The molecule has 0 saturated heterocycles. The van der Waals surface area contributed by atoms with E-state index in [9.17, 15) is 14.7 Å². The number of hydrogen-bond acceptors (Lipinski definition) is 4. The summed E-state index contributed by atoms with van der Waals surface area (Å²) in [6.45, 7) is 2.36. The maximum atomic E-state index is 12.1. The Hall–Kier alpha value is -1.69. The third-order valence-corrected chi connectivity index (χ3v) is 5.07. The molecule has 0 aromatic heterocycles. The number of unbranched alkanes of at least 4 members (excludes halogenated alkanes) is 3. The molecular formula is C19H29NO4S. The molecule has 0 fully saturated rings. The van der Waals surface area contributed by atoms with Crippen LogP contribution in [0.4, 0.5) is 4.79 Å². The number of benzene rings is 1. The van der Waals surface area contributed by atoms with Crippen LogP contribution in [0.3, 0.4) is 0 Å². The molecule has 0 aliphatic carbocycles. The average molecular weight is 368 g/mol. The first-order valence-corrected chi connectivity index (χ1v) is 9.94. The molecule has 0 aliphatic heterocycles. The van der Waals surface area contributed by atoms with Gasteiger partial charge >= 0.3 is 12.1 Å². The van der Waals surface area contributed by atoms with Gasteiger partial charge in [-0.15, -0.1) is 0 Å². The van der Waals surface area contributed by atoms with Gasteiger partial charge in [-0.2, -0.15) is 11.8 Å². The molecule has 1 aromatic rings. The Kier molecular flexibility index (Phi) is 10.8. The molecule has 0 bridgehead atoms. The first-order chi connectivity index (χ1) is 12.1. The summed E-state index contributed by atoms with van der Waals surface area (Å²) >= 11 is 1.77. The maximum absolute atomic E-state index is 12.1. The highest BCUT2D eigenvalue weighted by Crippen LogP contribution is 2.17. The van der Waals surface area contributed by atoms with Gasteiger partial charge < -0.3 is 9.84 Å². The summed E-state index contributed by atoms with van der Waals surface area (Å²) in [5.74, 6) is 1.29. The van der Waals surface area contributed by atoms with Gasteiger partial charge in [0.1, 0.15) is 6.04 Å². The van der Waals surface area contributed by atoms with Crippen molar-refractivity contribution in [3.8, 4) is 0 Å². The first kappa shape index (κ1) is 21.4. The highest BCUT2D eigenvalue weighted by atomic mass is 32.2. The standard InChI is InChI=1S/C19H29NO4S/c1-3-4-5-9-13-25-14-12-17(18(21)24-2)20(19(22)23)15-16-10-7-6-8-11-16/h6-8,10-11,17H,3-5,9,12-15H2,1-2H3,(H,22,23)/t17-/m0/s1. The van der Waals surface area contributed by atoms with Crippen LogP contribution in [0.25, 0.3) is 0 Å². The Morgan fingerprint density at radius 1 is 1.16 bits per heavy atom. The normalized spacial score (nSPS) is 11.8. The van der Waals surface area contributed by atoms with Crippen LogP contribution in [0.1, 0.15) is 44.6 Å². The summed E-state index contributed by atoms with van der Waals surface area (Å²) in [5.41, 5.74) is 0.853. The lowest BCUT2D eigenvalue weighted by Gasteiger charge is -2.27.